The van der Waals surface area contributed by atoms with Crippen LogP contribution in [0.2, 0.25) is 0 Å². The van der Waals surface area contributed by atoms with Gasteiger partial charge in [-0.3, -0.25) is 4.79 Å². The normalized spacial score (nSPS) is 10.6. The fourth-order valence-electron chi connectivity index (χ4n) is 1.87. The Bertz CT molecular complexity index is 611. The van der Waals surface area contributed by atoms with Gasteiger partial charge < -0.3 is 10.1 Å². The molecule has 0 aliphatic rings. The SMILES string of the molecule is C=CCc1cc(C)c2[nH]c(=O)ccc2c1O. The molecular weight excluding hydrogens is 202 g/mol. The van der Waals surface area contributed by atoms with Crippen molar-refractivity contribution in [1.29, 1.82) is 0 Å². The molecule has 0 fully saturated rings. The number of nitrogens with one attached hydrogen (secondary N) is 1. The van der Waals surface area contributed by atoms with Crippen LogP contribution in [0.1, 0.15) is 11.1 Å². The fraction of sp³-hybridized carbons (Fsp3) is 0.154. The van der Waals surface area contributed by atoms with Crippen molar-refractivity contribution in [3.05, 3.63) is 52.3 Å². The Labute approximate surface area is 93.1 Å². The van der Waals surface area contributed by atoms with Gasteiger partial charge in [0.15, 0.2) is 0 Å². The van der Waals surface area contributed by atoms with E-state index in [4.69, 9.17) is 0 Å². The van der Waals surface area contributed by atoms with Gasteiger partial charge in [0.2, 0.25) is 5.56 Å². The molecule has 0 saturated carbocycles. The first-order chi connectivity index (χ1) is 7.63. The van der Waals surface area contributed by atoms with E-state index in [1.165, 1.54) is 6.07 Å². The van der Waals surface area contributed by atoms with E-state index in [0.29, 0.717) is 17.3 Å². The minimum atomic E-state index is -0.161. The van der Waals surface area contributed by atoms with Crippen LogP contribution in [-0.2, 0) is 6.42 Å². The molecule has 2 N–H and O–H groups in total. The van der Waals surface area contributed by atoms with E-state index >= 15 is 0 Å². The quantitative estimate of drug-likeness (QED) is 0.755. The highest BCUT2D eigenvalue weighted by atomic mass is 16.3. The van der Waals surface area contributed by atoms with Gasteiger partial charge in [-0.2, -0.15) is 0 Å². The van der Waals surface area contributed by atoms with Crippen LogP contribution in [0, 0.1) is 6.92 Å². The molecule has 0 radical (unpaired) electrons. The van der Waals surface area contributed by atoms with Gasteiger partial charge in [0.1, 0.15) is 5.75 Å². The van der Waals surface area contributed by atoms with Crippen molar-refractivity contribution in [2.45, 2.75) is 13.3 Å². The maximum atomic E-state index is 11.2. The first kappa shape index (κ1) is 10.5. The summed E-state index contributed by atoms with van der Waals surface area (Å²) in [6.45, 7) is 5.56. The van der Waals surface area contributed by atoms with Gasteiger partial charge in [-0.05, 0) is 36.6 Å². The van der Waals surface area contributed by atoms with Gasteiger partial charge in [0, 0.05) is 11.5 Å². The van der Waals surface area contributed by atoms with Crippen LogP contribution in [0.3, 0.4) is 0 Å². The highest BCUT2D eigenvalue weighted by molar-refractivity contribution is 5.88. The Morgan fingerprint density at radius 3 is 2.94 bits per heavy atom. The lowest BCUT2D eigenvalue weighted by Crippen LogP contribution is -2.04. The van der Waals surface area contributed by atoms with Gasteiger partial charge in [0.05, 0.1) is 5.52 Å². The number of aromatic nitrogens is 1. The van der Waals surface area contributed by atoms with Crippen molar-refractivity contribution in [1.82, 2.24) is 4.98 Å². The van der Waals surface area contributed by atoms with Gasteiger partial charge in [-0.25, -0.2) is 0 Å². The number of pyridine rings is 1. The fourth-order valence-corrected chi connectivity index (χ4v) is 1.87. The molecule has 82 valence electrons. The zero-order valence-electron chi connectivity index (χ0n) is 9.08. The van der Waals surface area contributed by atoms with E-state index in [2.05, 4.69) is 11.6 Å². The molecule has 0 aliphatic heterocycles. The van der Waals surface area contributed by atoms with Gasteiger partial charge in [-0.15, -0.1) is 6.58 Å². The molecule has 0 amide bonds. The average molecular weight is 215 g/mol. The summed E-state index contributed by atoms with van der Waals surface area (Å²) in [6, 6.07) is 4.93. The second-order valence-electron chi connectivity index (χ2n) is 3.81. The summed E-state index contributed by atoms with van der Waals surface area (Å²) >= 11 is 0. The third-order valence-electron chi connectivity index (χ3n) is 2.63. The number of phenolic OH excluding ortho intramolecular Hbond substituents is 1. The van der Waals surface area contributed by atoms with Gasteiger partial charge in [-0.1, -0.05) is 6.08 Å². The van der Waals surface area contributed by atoms with E-state index in [1.807, 2.05) is 13.0 Å². The zero-order chi connectivity index (χ0) is 11.7. The van der Waals surface area contributed by atoms with Crippen molar-refractivity contribution in [2.75, 3.05) is 0 Å². The zero-order valence-corrected chi connectivity index (χ0v) is 9.08. The summed E-state index contributed by atoms with van der Waals surface area (Å²) in [5.74, 6) is 0.219. The summed E-state index contributed by atoms with van der Waals surface area (Å²) < 4.78 is 0. The van der Waals surface area contributed by atoms with Gasteiger partial charge >= 0.3 is 0 Å². The first-order valence-electron chi connectivity index (χ1n) is 5.09. The number of fused-ring (bicyclic) bond motifs is 1. The maximum Gasteiger partial charge on any atom is 0.248 e. The summed E-state index contributed by atoms with van der Waals surface area (Å²) in [5.41, 5.74) is 2.30. The number of hydrogen-bond acceptors (Lipinski definition) is 2. The molecule has 0 saturated heterocycles. The minimum absolute atomic E-state index is 0.161. The molecule has 3 nitrogen and oxygen atoms in total. The van der Waals surface area contributed by atoms with Gasteiger partial charge in [0.25, 0.3) is 0 Å². The van der Waals surface area contributed by atoms with E-state index < -0.39 is 0 Å². The van der Waals surface area contributed by atoms with Crippen LogP contribution in [0.4, 0.5) is 0 Å². The van der Waals surface area contributed by atoms with E-state index in [-0.39, 0.29) is 11.3 Å². The Morgan fingerprint density at radius 1 is 1.50 bits per heavy atom. The molecule has 3 heteroatoms. The van der Waals surface area contributed by atoms with Crippen molar-refractivity contribution in [2.24, 2.45) is 0 Å². The predicted octanol–water partition coefficient (Wildman–Crippen LogP) is 2.27. The number of phenols is 1. The number of aryl methyl sites for hydroxylation is 1. The molecule has 0 aliphatic carbocycles. The molecule has 0 spiro atoms. The molecule has 1 aromatic heterocycles. The van der Waals surface area contributed by atoms with Crippen molar-refractivity contribution >= 4 is 10.9 Å². The molecule has 1 heterocycles. The average Bonchev–Trinajstić information content (AvgIpc) is 2.26. The Kier molecular flexibility index (Phi) is 2.52. The highest BCUT2D eigenvalue weighted by Gasteiger charge is 2.08. The maximum absolute atomic E-state index is 11.2. The lowest BCUT2D eigenvalue weighted by molar-refractivity contribution is 0.476. The summed E-state index contributed by atoms with van der Waals surface area (Å²) in [4.78, 5) is 13.9. The number of aromatic amines is 1. The third kappa shape index (κ3) is 1.60. The Balaban J connectivity index is 2.84. The van der Waals surface area contributed by atoms with Crippen LogP contribution >= 0.6 is 0 Å². The Hall–Kier alpha value is -2.03. The second kappa shape index (κ2) is 3.85. The molecule has 16 heavy (non-hydrogen) atoms. The molecule has 2 aromatic rings. The second-order valence-corrected chi connectivity index (χ2v) is 3.81. The van der Waals surface area contributed by atoms with E-state index in [1.54, 1.807) is 12.1 Å². The summed E-state index contributed by atoms with van der Waals surface area (Å²) in [5, 5.41) is 10.7. The largest absolute Gasteiger partial charge is 0.507 e. The van der Waals surface area contributed by atoms with Crippen LogP contribution in [-0.4, -0.2) is 10.1 Å². The number of aromatic hydroxyl groups is 1. The van der Waals surface area contributed by atoms with E-state index in [0.717, 1.165) is 11.1 Å². The minimum Gasteiger partial charge on any atom is -0.507 e. The van der Waals surface area contributed by atoms with Crippen LogP contribution in [0.15, 0.2) is 35.6 Å². The highest BCUT2D eigenvalue weighted by Crippen LogP contribution is 2.29. The Morgan fingerprint density at radius 2 is 2.25 bits per heavy atom. The molecule has 0 bridgehead atoms. The monoisotopic (exact) mass is 215 g/mol. The lowest BCUT2D eigenvalue weighted by atomic mass is 10.0. The van der Waals surface area contributed by atoms with Crippen LogP contribution in [0.25, 0.3) is 10.9 Å². The molecule has 0 unspecified atom stereocenters. The molecule has 1 aromatic carbocycles. The standard InChI is InChI=1S/C13H13NO2/c1-3-4-9-7-8(2)12-10(13(9)16)5-6-11(15)14-12/h3,5-7,16H,1,4H2,2H3,(H,14,15). The van der Waals surface area contributed by atoms with Crippen molar-refractivity contribution in [3.63, 3.8) is 0 Å². The number of rotatable bonds is 2. The number of allylic oxidation sites excluding steroid dienone is 1. The topological polar surface area (TPSA) is 53.1 Å². The molecule has 0 atom stereocenters. The van der Waals surface area contributed by atoms with Crippen molar-refractivity contribution in [3.8, 4) is 5.75 Å². The summed E-state index contributed by atoms with van der Waals surface area (Å²) in [7, 11) is 0. The third-order valence-corrected chi connectivity index (χ3v) is 2.63. The lowest BCUT2D eigenvalue weighted by Gasteiger charge is -2.08. The smallest absolute Gasteiger partial charge is 0.248 e. The number of hydrogen-bond donors (Lipinski definition) is 2. The molecular formula is C13H13NO2. The number of H-pyrrole nitrogens is 1. The first-order valence-corrected chi connectivity index (χ1v) is 5.09. The summed E-state index contributed by atoms with van der Waals surface area (Å²) in [6.07, 6.45) is 2.35. The van der Waals surface area contributed by atoms with Crippen molar-refractivity contribution < 1.29 is 5.11 Å². The van der Waals surface area contributed by atoms with Crippen LogP contribution in [0.5, 0.6) is 5.75 Å². The number of benzene rings is 1. The van der Waals surface area contributed by atoms with E-state index in [9.17, 15) is 9.90 Å². The van der Waals surface area contributed by atoms with Crippen LogP contribution < -0.4 is 5.56 Å². The molecule has 2 rings (SSSR count). The predicted molar refractivity (Wildman–Crippen MR) is 64.9 cm³/mol.